The summed E-state index contributed by atoms with van der Waals surface area (Å²) in [6, 6.07) is 7.26. The van der Waals surface area contributed by atoms with Crippen molar-refractivity contribution in [2.24, 2.45) is 0 Å². The molecule has 6 nitrogen and oxygen atoms in total. The molecule has 1 aliphatic rings. The summed E-state index contributed by atoms with van der Waals surface area (Å²) in [6.45, 7) is 1.36. The first kappa shape index (κ1) is 16.7. The molecular formula is C17H16BrN3O3. The Hall–Kier alpha value is -2.17. The number of nitriles is 1. The maximum Gasteiger partial charge on any atom is 0.240 e. The molecular weight excluding hydrogens is 374 g/mol. The third-order valence-corrected chi connectivity index (χ3v) is 4.56. The Balaban J connectivity index is 1.91. The van der Waals surface area contributed by atoms with E-state index in [0.29, 0.717) is 24.1 Å². The first-order chi connectivity index (χ1) is 11.6. The summed E-state index contributed by atoms with van der Waals surface area (Å²) >= 11 is 3.33. The highest BCUT2D eigenvalue weighted by Crippen LogP contribution is 2.18. The first-order valence-corrected chi connectivity index (χ1v) is 8.47. The molecule has 1 aromatic heterocycles. The van der Waals surface area contributed by atoms with E-state index < -0.39 is 0 Å². The van der Waals surface area contributed by atoms with E-state index in [1.165, 1.54) is 6.20 Å². The summed E-state index contributed by atoms with van der Waals surface area (Å²) in [6.07, 6.45) is 3.04. The van der Waals surface area contributed by atoms with Crippen LogP contribution in [0.4, 0.5) is 0 Å². The van der Waals surface area contributed by atoms with Crippen molar-refractivity contribution in [2.75, 3.05) is 13.2 Å². The van der Waals surface area contributed by atoms with Crippen LogP contribution in [0.3, 0.4) is 0 Å². The van der Waals surface area contributed by atoms with Crippen molar-refractivity contribution >= 4 is 32.7 Å². The second kappa shape index (κ2) is 7.16. The molecule has 24 heavy (non-hydrogen) atoms. The van der Waals surface area contributed by atoms with Crippen molar-refractivity contribution in [3.8, 4) is 6.07 Å². The molecule has 0 atom stereocenters. The fraction of sp³-hybridized carbons (Fsp3) is 0.353. The molecule has 1 saturated heterocycles. The van der Waals surface area contributed by atoms with Crippen LogP contribution < -0.4 is 10.7 Å². The molecule has 124 valence electrons. The fourth-order valence-electron chi connectivity index (χ4n) is 2.85. The van der Waals surface area contributed by atoms with E-state index in [1.807, 2.05) is 6.07 Å². The van der Waals surface area contributed by atoms with Gasteiger partial charge in [0, 0.05) is 35.3 Å². The molecule has 0 saturated carbocycles. The first-order valence-electron chi connectivity index (χ1n) is 7.68. The normalized spacial score (nSPS) is 15.2. The summed E-state index contributed by atoms with van der Waals surface area (Å²) in [5.74, 6) is -0.140. The Labute approximate surface area is 147 Å². The van der Waals surface area contributed by atoms with Crippen LogP contribution in [-0.2, 0) is 16.1 Å². The van der Waals surface area contributed by atoms with Crippen LogP contribution in [0.5, 0.6) is 0 Å². The number of carbonyl (C=O) groups is 1. The zero-order valence-corrected chi connectivity index (χ0v) is 14.5. The number of pyridine rings is 1. The molecule has 2 heterocycles. The third-order valence-electron chi connectivity index (χ3n) is 4.06. The average molecular weight is 390 g/mol. The zero-order valence-electron chi connectivity index (χ0n) is 12.9. The van der Waals surface area contributed by atoms with Gasteiger partial charge in [-0.25, -0.2) is 0 Å². The van der Waals surface area contributed by atoms with Crippen molar-refractivity contribution < 1.29 is 9.53 Å². The summed E-state index contributed by atoms with van der Waals surface area (Å²) in [5.41, 5.74) is 0.332. The minimum absolute atomic E-state index is 0.0273. The van der Waals surface area contributed by atoms with Gasteiger partial charge in [-0.15, -0.1) is 0 Å². The highest BCUT2D eigenvalue weighted by Gasteiger charge is 2.17. The van der Waals surface area contributed by atoms with Gasteiger partial charge in [0.1, 0.15) is 18.2 Å². The largest absolute Gasteiger partial charge is 0.381 e. The summed E-state index contributed by atoms with van der Waals surface area (Å²) in [7, 11) is 0. The molecule has 0 radical (unpaired) electrons. The van der Waals surface area contributed by atoms with Crippen LogP contribution in [0, 0.1) is 11.3 Å². The van der Waals surface area contributed by atoms with E-state index in [1.54, 1.807) is 22.8 Å². The number of nitrogens with one attached hydrogen (secondary N) is 1. The summed E-state index contributed by atoms with van der Waals surface area (Å²) < 4.78 is 7.68. The quantitative estimate of drug-likeness (QED) is 0.868. The van der Waals surface area contributed by atoms with Crippen molar-refractivity contribution in [1.29, 1.82) is 5.26 Å². The van der Waals surface area contributed by atoms with Gasteiger partial charge in [-0.05, 0) is 31.0 Å². The van der Waals surface area contributed by atoms with Gasteiger partial charge in [-0.2, -0.15) is 5.26 Å². The summed E-state index contributed by atoms with van der Waals surface area (Å²) in [4.78, 5) is 24.6. The predicted molar refractivity (Wildman–Crippen MR) is 92.6 cm³/mol. The molecule has 7 heteroatoms. The number of benzene rings is 1. The highest BCUT2D eigenvalue weighted by atomic mass is 79.9. The zero-order chi connectivity index (χ0) is 17.1. The van der Waals surface area contributed by atoms with Crippen molar-refractivity contribution in [3.05, 3.63) is 44.7 Å². The van der Waals surface area contributed by atoms with Crippen LogP contribution in [0.2, 0.25) is 0 Å². The summed E-state index contributed by atoms with van der Waals surface area (Å²) in [5, 5.41) is 12.6. The molecule has 0 aliphatic carbocycles. The number of hydrogen-bond acceptors (Lipinski definition) is 4. The van der Waals surface area contributed by atoms with Gasteiger partial charge in [0.15, 0.2) is 0 Å². The minimum atomic E-state index is -0.324. The maximum atomic E-state index is 12.3. The number of nitrogens with zero attached hydrogens (tertiary/aromatic N) is 2. The SMILES string of the molecule is N#Cc1cn(CC(=O)NC2CCOCC2)c2ccc(Br)cc2c1=O. The Morgan fingerprint density at radius 1 is 1.42 bits per heavy atom. The number of hydrogen-bond donors (Lipinski definition) is 1. The second-order valence-electron chi connectivity index (χ2n) is 5.73. The minimum Gasteiger partial charge on any atom is -0.381 e. The Kier molecular flexibility index (Phi) is 4.97. The lowest BCUT2D eigenvalue weighted by molar-refractivity contribution is -0.122. The molecule has 3 rings (SSSR count). The van der Waals surface area contributed by atoms with Crippen LogP contribution in [-0.4, -0.2) is 29.7 Å². The van der Waals surface area contributed by atoms with Crippen LogP contribution in [0.25, 0.3) is 10.9 Å². The van der Waals surface area contributed by atoms with Crippen LogP contribution in [0.15, 0.2) is 33.7 Å². The number of amides is 1. The number of carbonyl (C=O) groups excluding carboxylic acids is 1. The molecule has 0 unspecified atom stereocenters. The van der Waals surface area contributed by atoms with Crippen molar-refractivity contribution in [1.82, 2.24) is 9.88 Å². The van der Waals surface area contributed by atoms with E-state index in [9.17, 15) is 14.9 Å². The smallest absolute Gasteiger partial charge is 0.240 e. The third kappa shape index (κ3) is 3.50. The van der Waals surface area contributed by atoms with E-state index in [-0.39, 0.29) is 29.5 Å². The van der Waals surface area contributed by atoms with Gasteiger partial charge in [0.2, 0.25) is 11.3 Å². The number of halogens is 1. The Morgan fingerprint density at radius 3 is 2.88 bits per heavy atom. The molecule has 1 aromatic carbocycles. The van der Waals surface area contributed by atoms with Crippen molar-refractivity contribution in [3.63, 3.8) is 0 Å². The van der Waals surface area contributed by atoms with E-state index in [0.717, 1.165) is 17.3 Å². The standard InChI is InChI=1S/C17H16BrN3O3/c18-12-1-2-15-14(7-12)17(23)11(8-19)9-21(15)10-16(22)20-13-3-5-24-6-4-13/h1-2,7,9,13H,3-6,10H2,(H,20,22). The van der Waals surface area contributed by atoms with Gasteiger partial charge < -0.3 is 14.6 Å². The van der Waals surface area contributed by atoms with Gasteiger partial charge >= 0.3 is 0 Å². The molecule has 1 amide bonds. The molecule has 1 aliphatic heterocycles. The Bertz CT molecular complexity index is 879. The molecule has 0 bridgehead atoms. The predicted octanol–water partition coefficient (Wildman–Crippen LogP) is 1.93. The molecule has 1 N–H and O–H groups in total. The van der Waals surface area contributed by atoms with Gasteiger partial charge in [0.25, 0.3) is 0 Å². The van der Waals surface area contributed by atoms with Crippen LogP contribution in [0.1, 0.15) is 18.4 Å². The lowest BCUT2D eigenvalue weighted by atomic mass is 10.1. The van der Waals surface area contributed by atoms with Crippen LogP contribution >= 0.6 is 15.9 Å². The maximum absolute atomic E-state index is 12.3. The highest BCUT2D eigenvalue weighted by molar-refractivity contribution is 9.10. The number of ether oxygens (including phenoxy) is 1. The topological polar surface area (TPSA) is 84.1 Å². The Morgan fingerprint density at radius 2 is 2.17 bits per heavy atom. The molecule has 0 spiro atoms. The monoisotopic (exact) mass is 389 g/mol. The lowest BCUT2D eigenvalue weighted by Gasteiger charge is -2.23. The van der Waals surface area contributed by atoms with Gasteiger partial charge in [0.05, 0.1) is 5.52 Å². The molecule has 2 aromatic rings. The van der Waals surface area contributed by atoms with E-state index in [4.69, 9.17) is 4.74 Å². The number of aromatic nitrogens is 1. The second-order valence-corrected chi connectivity index (χ2v) is 6.64. The van der Waals surface area contributed by atoms with Gasteiger partial charge in [-0.1, -0.05) is 15.9 Å². The van der Waals surface area contributed by atoms with E-state index >= 15 is 0 Å². The average Bonchev–Trinajstić information content (AvgIpc) is 2.58. The fourth-order valence-corrected chi connectivity index (χ4v) is 3.21. The lowest BCUT2D eigenvalue weighted by Crippen LogP contribution is -2.40. The molecule has 1 fully saturated rings. The number of fused-ring (bicyclic) bond motifs is 1. The van der Waals surface area contributed by atoms with Crippen molar-refractivity contribution in [2.45, 2.75) is 25.4 Å². The van der Waals surface area contributed by atoms with E-state index in [2.05, 4.69) is 21.2 Å². The number of rotatable bonds is 3. The van der Waals surface area contributed by atoms with Gasteiger partial charge in [-0.3, -0.25) is 9.59 Å².